The zero-order chi connectivity index (χ0) is 23.5. The van der Waals surface area contributed by atoms with Gasteiger partial charge in [-0.25, -0.2) is 9.37 Å². The predicted molar refractivity (Wildman–Crippen MR) is 125 cm³/mol. The van der Waals surface area contributed by atoms with Gasteiger partial charge in [-0.1, -0.05) is 6.07 Å². The molecule has 0 spiro atoms. The van der Waals surface area contributed by atoms with Crippen molar-refractivity contribution in [3.8, 4) is 11.5 Å². The Morgan fingerprint density at radius 2 is 2.03 bits per heavy atom. The highest BCUT2D eigenvalue weighted by atomic mass is 19.1. The van der Waals surface area contributed by atoms with Crippen LogP contribution in [0.4, 0.5) is 10.2 Å². The van der Waals surface area contributed by atoms with Gasteiger partial charge in [-0.3, -0.25) is 4.79 Å². The van der Waals surface area contributed by atoms with E-state index in [-0.39, 0.29) is 29.9 Å². The van der Waals surface area contributed by atoms with Gasteiger partial charge < -0.3 is 29.7 Å². The number of aliphatic hydroxyl groups is 1. The molecule has 1 amide bonds. The lowest BCUT2D eigenvalue weighted by atomic mass is 9.99. The number of nitrogens with zero attached hydrogens (tertiary/aromatic N) is 3. The molecular formula is C25H31FN4O4. The number of pyridine rings is 1. The molecule has 2 aromatic rings. The molecule has 4 heterocycles. The number of halogens is 1. The van der Waals surface area contributed by atoms with Gasteiger partial charge in [-0.2, -0.15) is 0 Å². The smallest absolute Gasteiger partial charge is 0.225 e. The van der Waals surface area contributed by atoms with Crippen LogP contribution in [-0.2, 0) is 4.79 Å². The van der Waals surface area contributed by atoms with Crippen molar-refractivity contribution >= 4 is 11.7 Å². The third kappa shape index (κ3) is 4.95. The van der Waals surface area contributed by atoms with Gasteiger partial charge in [0, 0.05) is 25.8 Å². The number of benzene rings is 1. The van der Waals surface area contributed by atoms with Gasteiger partial charge in [0.25, 0.3) is 0 Å². The highest BCUT2D eigenvalue weighted by molar-refractivity contribution is 5.80. The average molecular weight is 471 g/mol. The fourth-order valence-electron chi connectivity index (χ4n) is 5.03. The number of hydrogen-bond donors (Lipinski definition) is 2. The summed E-state index contributed by atoms with van der Waals surface area (Å²) in [7, 11) is 0. The molecule has 9 heteroatoms. The number of amides is 1. The van der Waals surface area contributed by atoms with Gasteiger partial charge in [-0.15, -0.1) is 0 Å². The first-order chi connectivity index (χ1) is 16.6. The summed E-state index contributed by atoms with van der Waals surface area (Å²) in [6.07, 6.45) is 3.57. The van der Waals surface area contributed by atoms with Crippen molar-refractivity contribution in [1.82, 2.24) is 15.2 Å². The summed E-state index contributed by atoms with van der Waals surface area (Å²) in [4.78, 5) is 22.0. The maximum atomic E-state index is 14.6. The number of nitrogens with one attached hydrogen (secondary N) is 1. The van der Waals surface area contributed by atoms with Crippen molar-refractivity contribution in [2.75, 3.05) is 50.8 Å². The molecule has 0 saturated carbocycles. The van der Waals surface area contributed by atoms with Crippen LogP contribution in [-0.4, -0.2) is 72.9 Å². The second kappa shape index (κ2) is 10.1. The second-order valence-corrected chi connectivity index (χ2v) is 9.21. The molecule has 5 rings (SSSR count). The largest absolute Gasteiger partial charge is 0.486 e. The number of anilines is 1. The van der Waals surface area contributed by atoms with Crippen LogP contribution in [0.5, 0.6) is 11.5 Å². The zero-order valence-corrected chi connectivity index (χ0v) is 19.2. The summed E-state index contributed by atoms with van der Waals surface area (Å²) >= 11 is 0. The molecule has 2 fully saturated rings. The highest BCUT2D eigenvalue weighted by Crippen LogP contribution is 2.36. The van der Waals surface area contributed by atoms with Crippen molar-refractivity contribution < 1.29 is 23.8 Å². The summed E-state index contributed by atoms with van der Waals surface area (Å²) in [5.74, 6) is 0.348. The van der Waals surface area contributed by atoms with E-state index in [1.807, 2.05) is 18.2 Å². The second-order valence-electron chi connectivity index (χ2n) is 9.21. The van der Waals surface area contributed by atoms with Gasteiger partial charge in [0.2, 0.25) is 5.91 Å². The van der Waals surface area contributed by atoms with Gasteiger partial charge in [-0.05, 0) is 62.2 Å². The van der Waals surface area contributed by atoms with E-state index < -0.39 is 18.0 Å². The normalized spacial score (nSPS) is 21.9. The van der Waals surface area contributed by atoms with Gasteiger partial charge in [0.1, 0.15) is 25.1 Å². The zero-order valence-electron chi connectivity index (χ0n) is 19.2. The Labute approximate surface area is 198 Å². The SMILES string of the molecule is O=C(N[C@H](CN1CCCC1)[C@H](O)c1cc(F)c2c(c1)OCCO2)[C@H]1CCN(c2ccccn2)C1. The summed E-state index contributed by atoms with van der Waals surface area (Å²) in [6, 6.07) is 8.07. The van der Waals surface area contributed by atoms with Crippen LogP contribution in [0.2, 0.25) is 0 Å². The fraction of sp³-hybridized carbons (Fsp3) is 0.520. The number of likely N-dealkylation sites (tertiary alicyclic amines) is 1. The Balaban J connectivity index is 1.31. The minimum absolute atomic E-state index is 0.0721. The maximum Gasteiger partial charge on any atom is 0.225 e. The lowest BCUT2D eigenvalue weighted by Gasteiger charge is -2.30. The quantitative estimate of drug-likeness (QED) is 0.641. The number of rotatable bonds is 7. The molecule has 0 bridgehead atoms. The first-order valence-electron chi connectivity index (χ1n) is 12.0. The third-order valence-electron chi connectivity index (χ3n) is 6.86. The molecule has 2 saturated heterocycles. The van der Waals surface area contributed by atoms with Gasteiger partial charge in [0.05, 0.1) is 12.0 Å². The number of carbonyl (C=O) groups excluding carboxylic acids is 1. The minimum atomic E-state index is -1.08. The number of aromatic nitrogens is 1. The molecule has 34 heavy (non-hydrogen) atoms. The number of carbonyl (C=O) groups is 1. The predicted octanol–water partition coefficient (Wildman–Crippen LogP) is 2.13. The summed E-state index contributed by atoms with van der Waals surface area (Å²) in [5.41, 5.74) is 0.368. The van der Waals surface area contributed by atoms with Crippen LogP contribution < -0.4 is 19.7 Å². The molecule has 3 aliphatic heterocycles. The molecule has 3 aliphatic rings. The highest BCUT2D eigenvalue weighted by Gasteiger charge is 2.34. The van der Waals surface area contributed by atoms with Gasteiger partial charge in [0.15, 0.2) is 17.3 Å². The number of fused-ring (bicyclic) bond motifs is 1. The van der Waals surface area contributed by atoms with Crippen molar-refractivity contribution in [3.63, 3.8) is 0 Å². The molecule has 3 atom stereocenters. The monoisotopic (exact) mass is 470 g/mol. The first kappa shape index (κ1) is 22.9. The minimum Gasteiger partial charge on any atom is -0.486 e. The van der Waals surface area contributed by atoms with E-state index in [4.69, 9.17) is 9.47 Å². The molecule has 8 nitrogen and oxygen atoms in total. The van der Waals surface area contributed by atoms with Crippen LogP contribution in [0.25, 0.3) is 0 Å². The lowest BCUT2D eigenvalue weighted by molar-refractivity contribution is -0.126. The summed E-state index contributed by atoms with van der Waals surface area (Å²) < 4.78 is 25.6. The standard InChI is InChI=1S/C25H31FN4O4/c26-19-13-18(14-21-24(19)34-12-11-33-21)23(31)20(16-29-8-3-4-9-29)28-25(32)17-6-10-30(15-17)22-5-1-2-7-27-22/h1-2,5,7,13-14,17,20,23,31H,3-4,6,8-12,15-16H2,(H,28,32)/t17-,20+,23+/m0/s1. The molecule has 0 radical (unpaired) electrons. The van der Waals surface area contributed by atoms with Crippen LogP contribution in [0.3, 0.4) is 0 Å². The van der Waals surface area contributed by atoms with Crippen LogP contribution in [0, 0.1) is 11.7 Å². The Hall–Kier alpha value is -2.91. The molecule has 2 N–H and O–H groups in total. The molecule has 0 unspecified atom stereocenters. The molecule has 182 valence electrons. The Morgan fingerprint density at radius 3 is 2.82 bits per heavy atom. The van der Waals surface area contributed by atoms with Crippen molar-refractivity contribution in [1.29, 1.82) is 0 Å². The van der Waals surface area contributed by atoms with E-state index >= 15 is 0 Å². The maximum absolute atomic E-state index is 14.6. The first-order valence-corrected chi connectivity index (χ1v) is 12.0. The summed E-state index contributed by atoms with van der Waals surface area (Å²) in [5, 5.41) is 14.3. The van der Waals surface area contributed by atoms with Crippen LogP contribution in [0.1, 0.15) is 30.9 Å². The van der Waals surface area contributed by atoms with Gasteiger partial charge >= 0.3 is 0 Å². The molecular weight excluding hydrogens is 439 g/mol. The fourth-order valence-corrected chi connectivity index (χ4v) is 5.03. The molecule has 0 aliphatic carbocycles. The Kier molecular flexibility index (Phi) is 6.82. The van der Waals surface area contributed by atoms with Crippen molar-refractivity contribution in [2.24, 2.45) is 5.92 Å². The van der Waals surface area contributed by atoms with E-state index in [2.05, 4.69) is 20.1 Å². The number of ether oxygens (including phenoxy) is 2. The van der Waals surface area contributed by atoms with E-state index in [1.165, 1.54) is 6.07 Å². The Morgan fingerprint density at radius 1 is 1.21 bits per heavy atom. The van der Waals surface area contributed by atoms with Crippen LogP contribution in [0.15, 0.2) is 36.5 Å². The van der Waals surface area contributed by atoms with E-state index in [9.17, 15) is 14.3 Å². The molecule has 1 aromatic heterocycles. The van der Waals surface area contributed by atoms with Crippen molar-refractivity contribution in [2.45, 2.75) is 31.4 Å². The summed E-state index contributed by atoms with van der Waals surface area (Å²) in [6.45, 7) is 4.29. The van der Waals surface area contributed by atoms with Crippen molar-refractivity contribution in [3.05, 3.63) is 47.9 Å². The average Bonchev–Trinajstić information content (AvgIpc) is 3.56. The molecule has 1 aromatic carbocycles. The topological polar surface area (TPSA) is 87.2 Å². The third-order valence-corrected chi connectivity index (χ3v) is 6.86. The number of aliphatic hydroxyl groups excluding tert-OH is 1. The Bertz CT molecular complexity index is 1000. The number of hydrogen-bond acceptors (Lipinski definition) is 7. The van der Waals surface area contributed by atoms with E-state index in [0.29, 0.717) is 31.7 Å². The lowest BCUT2D eigenvalue weighted by Crippen LogP contribution is -2.48. The van der Waals surface area contributed by atoms with E-state index in [1.54, 1.807) is 12.3 Å². The van der Waals surface area contributed by atoms with E-state index in [0.717, 1.165) is 38.3 Å². The van der Waals surface area contributed by atoms with Crippen LogP contribution >= 0.6 is 0 Å².